The van der Waals surface area contributed by atoms with E-state index in [0.717, 1.165) is 44.9 Å². The molecule has 22 aromatic rings. The van der Waals surface area contributed by atoms with Gasteiger partial charge >= 0.3 is 0 Å². The summed E-state index contributed by atoms with van der Waals surface area (Å²) in [5.74, 6) is 0. The van der Waals surface area contributed by atoms with Crippen molar-refractivity contribution in [3.8, 4) is 101 Å². The summed E-state index contributed by atoms with van der Waals surface area (Å²) in [6.45, 7) is 9.44. The monoisotopic (exact) mass is 1470 g/mol. The third-order valence-electron chi connectivity index (χ3n) is 25.6. The van der Waals surface area contributed by atoms with E-state index in [-0.39, 0.29) is 10.8 Å². The quantitative estimate of drug-likeness (QED) is 0.149. The molecule has 0 atom stereocenters. The van der Waals surface area contributed by atoms with Crippen molar-refractivity contribution in [2.75, 3.05) is 0 Å². The lowest BCUT2D eigenvalue weighted by Crippen LogP contribution is -2.16. The fourth-order valence-electron chi connectivity index (χ4n) is 20.1. The highest BCUT2D eigenvalue weighted by Crippen LogP contribution is 2.57. The molecule has 542 valence electrons. The second-order valence-corrected chi connectivity index (χ2v) is 32.7. The molecule has 0 saturated carbocycles. The van der Waals surface area contributed by atoms with Gasteiger partial charge in [-0.3, -0.25) is 0 Å². The lowest BCUT2D eigenvalue weighted by atomic mass is 9.78. The van der Waals surface area contributed by atoms with E-state index in [1.165, 1.54) is 197 Å². The molecule has 0 unspecified atom stereocenters. The maximum Gasteiger partial charge on any atom is 0.0759 e. The summed E-state index contributed by atoms with van der Waals surface area (Å²) in [5.41, 5.74) is 28.2. The van der Waals surface area contributed by atoms with Crippen molar-refractivity contribution in [1.82, 2.24) is 15.0 Å². The van der Waals surface area contributed by atoms with Crippen LogP contribution in [0, 0.1) is 0 Å². The Balaban J connectivity index is 0.000000137. The summed E-state index contributed by atoms with van der Waals surface area (Å²) in [7, 11) is 0. The third-order valence-corrected chi connectivity index (χ3v) is 25.6. The Bertz CT molecular complexity index is 7880. The molecule has 24 rings (SSSR count). The van der Waals surface area contributed by atoms with Crippen molar-refractivity contribution in [2.24, 2.45) is 0 Å². The van der Waals surface area contributed by atoms with Crippen molar-refractivity contribution >= 4 is 119 Å². The zero-order chi connectivity index (χ0) is 77.1. The van der Waals surface area contributed by atoms with Gasteiger partial charge in [-0.25, -0.2) is 15.0 Å². The van der Waals surface area contributed by atoms with E-state index in [2.05, 4.69) is 404 Å². The Kier molecular flexibility index (Phi) is 15.1. The van der Waals surface area contributed by atoms with E-state index in [4.69, 9.17) is 15.0 Å². The van der Waals surface area contributed by atoms with Gasteiger partial charge in [-0.2, -0.15) is 0 Å². The Morgan fingerprint density at radius 3 is 0.983 bits per heavy atom. The van der Waals surface area contributed by atoms with Gasteiger partial charge in [0, 0.05) is 43.9 Å². The smallest absolute Gasteiger partial charge is 0.0759 e. The number of rotatable bonds is 7. The minimum absolute atomic E-state index is 0.199. The summed E-state index contributed by atoms with van der Waals surface area (Å²) >= 11 is 0. The highest BCUT2D eigenvalue weighted by atomic mass is 14.8. The van der Waals surface area contributed by atoms with E-state index in [1.807, 2.05) is 6.07 Å². The van der Waals surface area contributed by atoms with E-state index in [0.29, 0.717) is 0 Å². The van der Waals surface area contributed by atoms with Crippen LogP contribution in [0.2, 0.25) is 0 Å². The molecule has 3 heterocycles. The standard InChI is InChI=1S/C57H38N2.C56H37N/c1-57(2)49-20-11-10-19-46(49)56-55(57)53(54-41-16-7-6-13-36(41)29-32-52(54)59-56)38-25-23-35(24-26-38)39-27-30-44-45-31-28-40(34-48(45)43-18-9-8-17-42(43)47(44)33-39)51-22-12-21-50(58-51)37-14-4-3-5-15-37;1-56(2)50-21-10-9-19-47(50)55-54(56)52(53-42-16-6-4-13-36(42)28-31-51(53)57-55)37-24-22-34(23-25-37)38-26-29-45-46-30-27-39(41-20-11-14-35-12-3-5-15-40(35)41)33-49(46)44-18-8-7-17-43(44)48(45)32-38/h3-34H,1-2H3;3-33H,1-2H3. The van der Waals surface area contributed by atoms with E-state index in [1.54, 1.807) is 0 Å². The molecule has 3 heteroatoms. The highest BCUT2D eigenvalue weighted by molar-refractivity contribution is 6.28. The Morgan fingerprint density at radius 1 is 0.190 bits per heavy atom. The van der Waals surface area contributed by atoms with Gasteiger partial charge in [0.25, 0.3) is 0 Å². The van der Waals surface area contributed by atoms with Gasteiger partial charge < -0.3 is 0 Å². The Hall–Kier alpha value is -14.5. The second kappa shape index (κ2) is 26.0. The van der Waals surface area contributed by atoms with Gasteiger partial charge in [-0.15, -0.1) is 0 Å². The summed E-state index contributed by atoms with van der Waals surface area (Å²) < 4.78 is 0. The predicted molar refractivity (Wildman–Crippen MR) is 492 cm³/mol. The molecule has 0 N–H and O–H groups in total. The van der Waals surface area contributed by atoms with E-state index in [9.17, 15) is 0 Å². The molecule has 0 aliphatic heterocycles. The summed E-state index contributed by atoms with van der Waals surface area (Å²) in [6, 6.07) is 140. The number of pyridine rings is 3. The molecule has 2 aliphatic rings. The van der Waals surface area contributed by atoms with Gasteiger partial charge in [0.2, 0.25) is 0 Å². The first kappa shape index (κ1) is 67.2. The molecule has 19 aromatic carbocycles. The molecule has 0 saturated heterocycles. The average Bonchev–Trinajstić information content (AvgIpc) is 1.54. The molecule has 0 radical (unpaired) electrons. The molecule has 0 fully saturated rings. The topological polar surface area (TPSA) is 38.7 Å². The van der Waals surface area contributed by atoms with Gasteiger partial charge in [0.15, 0.2) is 0 Å². The molecule has 0 bridgehead atoms. The van der Waals surface area contributed by atoms with E-state index >= 15 is 0 Å². The van der Waals surface area contributed by atoms with Gasteiger partial charge in [0.05, 0.1) is 33.8 Å². The fourth-order valence-corrected chi connectivity index (χ4v) is 20.1. The Labute approximate surface area is 672 Å². The van der Waals surface area contributed by atoms with Crippen LogP contribution in [0.4, 0.5) is 0 Å². The number of hydrogen-bond donors (Lipinski definition) is 0. The van der Waals surface area contributed by atoms with Crippen molar-refractivity contribution in [2.45, 2.75) is 38.5 Å². The summed E-state index contributed by atoms with van der Waals surface area (Å²) in [4.78, 5) is 15.9. The maximum atomic E-state index is 5.40. The lowest BCUT2D eigenvalue weighted by molar-refractivity contribution is 0.661. The largest absolute Gasteiger partial charge is 0.248 e. The normalized spacial score (nSPS) is 13.1. The van der Waals surface area contributed by atoms with Crippen LogP contribution < -0.4 is 0 Å². The van der Waals surface area contributed by atoms with Crippen molar-refractivity contribution < 1.29 is 0 Å². The fraction of sp³-hybridized carbons (Fsp3) is 0.0531. The molecule has 2 aliphatic carbocycles. The molecule has 0 spiro atoms. The number of benzene rings is 19. The minimum Gasteiger partial charge on any atom is -0.248 e. The molecular formula is C113H75N3. The van der Waals surface area contributed by atoms with Crippen LogP contribution in [0.5, 0.6) is 0 Å². The summed E-state index contributed by atoms with van der Waals surface area (Å²) in [5, 5.41) is 25.1. The molecule has 116 heavy (non-hydrogen) atoms. The SMILES string of the molecule is CC1(C)c2ccccc2-c2nc3ccc4ccccc4c3c(-c3ccc(-c4ccc5c6ccc(-c7cccc(-c8ccccc8)n7)cc6c6ccccc6c5c4)cc3)c21.CC1(C)c2ccccc2-c2nc3ccc4ccccc4c3c(-c3ccc(-c4ccc5c6ccc(-c7cccc8ccccc78)cc6c6ccccc6c5c4)cc3)c21. The number of aromatic nitrogens is 3. The second-order valence-electron chi connectivity index (χ2n) is 32.7. The van der Waals surface area contributed by atoms with Crippen LogP contribution in [0.15, 0.2) is 382 Å². The number of nitrogens with zero attached hydrogens (tertiary/aromatic N) is 3. The van der Waals surface area contributed by atoms with Crippen LogP contribution in [-0.2, 0) is 10.8 Å². The first-order valence-electron chi connectivity index (χ1n) is 40.4. The number of fused-ring (bicyclic) bond motifs is 25. The van der Waals surface area contributed by atoms with Crippen molar-refractivity contribution in [3.05, 3.63) is 404 Å². The first-order valence-corrected chi connectivity index (χ1v) is 40.4. The van der Waals surface area contributed by atoms with Crippen molar-refractivity contribution in [1.29, 1.82) is 0 Å². The zero-order valence-corrected chi connectivity index (χ0v) is 64.7. The Morgan fingerprint density at radius 2 is 0.509 bits per heavy atom. The minimum atomic E-state index is -0.205. The predicted octanol–water partition coefficient (Wildman–Crippen LogP) is 30.5. The molecule has 3 aromatic heterocycles. The van der Waals surface area contributed by atoms with E-state index < -0.39 is 0 Å². The van der Waals surface area contributed by atoms with Crippen LogP contribution >= 0.6 is 0 Å². The van der Waals surface area contributed by atoms with Gasteiger partial charge in [0.1, 0.15) is 0 Å². The third kappa shape index (κ3) is 10.4. The lowest BCUT2D eigenvalue weighted by Gasteiger charge is -2.25. The average molecular weight is 1470 g/mol. The number of hydrogen-bond acceptors (Lipinski definition) is 3. The first-order chi connectivity index (χ1) is 57.0. The van der Waals surface area contributed by atoms with Crippen LogP contribution in [0.3, 0.4) is 0 Å². The van der Waals surface area contributed by atoms with Crippen LogP contribution in [-0.4, -0.2) is 15.0 Å². The van der Waals surface area contributed by atoms with Crippen LogP contribution in [0.1, 0.15) is 49.9 Å². The van der Waals surface area contributed by atoms with Crippen LogP contribution in [0.25, 0.3) is 219 Å². The molecule has 3 nitrogen and oxygen atoms in total. The van der Waals surface area contributed by atoms with Gasteiger partial charge in [-0.05, 0) is 223 Å². The molecule has 0 amide bonds. The summed E-state index contributed by atoms with van der Waals surface area (Å²) in [6.07, 6.45) is 0. The maximum absolute atomic E-state index is 5.40. The molecular weight excluding hydrogens is 1400 g/mol. The zero-order valence-electron chi connectivity index (χ0n) is 64.7. The van der Waals surface area contributed by atoms with Crippen molar-refractivity contribution in [3.63, 3.8) is 0 Å². The highest BCUT2D eigenvalue weighted by Gasteiger charge is 2.42. The van der Waals surface area contributed by atoms with Gasteiger partial charge in [-0.1, -0.05) is 361 Å².